The number of nitro groups is 1. The minimum Gasteiger partial charge on any atom is -0.456 e. The van der Waals surface area contributed by atoms with E-state index in [4.69, 9.17) is 4.42 Å². The highest BCUT2D eigenvalue weighted by Gasteiger charge is 2.23. The van der Waals surface area contributed by atoms with Crippen molar-refractivity contribution in [1.82, 2.24) is 0 Å². The van der Waals surface area contributed by atoms with E-state index in [9.17, 15) is 15.2 Å². The monoisotopic (exact) mass is 283 g/mol. The number of hydrogen-bond acceptors (Lipinski definition) is 4. The Labute approximate surface area is 120 Å². The van der Waals surface area contributed by atoms with Gasteiger partial charge in [0.25, 0.3) is 5.69 Å². The summed E-state index contributed by atoms with van der Waals surface area (Å²) in [6.45, 7) is 3.55. The summed E-state index contributed by atoms with van der Waals surface area (Å²) in [5.41, 5.74) is 1.24. The predicted octanol–water partition coefficient (Wildman–Crippen LogP) is 4.10. The lowest BCUT2D eigenvalue weighted by Crippen LogP contribution is -2.01. The summed E-state index contributed by atoms with van der Waals surface area (Å²) in [6, 6.07) is 10.4. The van der Waals surface area contributed by atoms with Crippen molar-refractivity contribution < 1.29 is 14.4 Å². The van der Waals surface area contributed by atoms with E-state index in [-0.39, 0.29) is 17.7 Å². The van der Waals surface area contributed by atoms with Crippen LogP contribution in [0.5, 0.6) is 0 Å². The van der Waals surface area contributed by atoms with Crippen molar-refractivity contribution >= 4 is 27.6 Å². The van der Waals surface area contributed by atoms with Crippen LogP contribution in [0.4, 0.5) is 5.69 Å². The molecule has 1 N–H and O–H groups in total. The smallest absolute Gasteiger partial charge is 0.278 e. The van der Waals surface area contributed by atoms with Crippen LogP contribution in [0.15, 0.2) is 53.5 Å². The molecule has 3 rings (SSSR count). The van der Waals surface area contributed by atoms with Crippen molar-refractivity contribution in [2.24, 2.45) is 0 Å². The molecule has 1 atom stereocenters. The van der Waals surface area contributed by atoms with Gasteiger partial charge in [-0.2, -0.15) is 0 Å². The van der Waals surface area contributed by atoms with Gasteiger partial charge in [-0.1, -0.05) is 24.3 Å². The number of furan rings is 1. The number of fused-ring (bicyclic) bond motifs is 3. The van der Waals surface area contributed by atoms with E-state index in [0.717, 1.165) is 10.8 Å². The number of nitrogens with zero attached hydrogens (tertiary/aromatic N) is 1. The Morgan fingerprint density at radius 1 is 1.29 bits per heavy atom. The van der Waals surface area contributed by atoms with Crippen LogP contribution >= 0.6 is 0 Å². The van der Waals surface area contributed by atoms with Crippen LogP contribution in [-0.4, -0.2) is 10.0 Å². The first-order chi connectivity index (χ1) is 10.1. The highest BCUT2D eigenvalue weighted by atomic mass is 16.6. The average Bonchev–Trinajstić information content (AvgIpc) is 2.83. The van der Waals surface area contributed by atoms with Gasteiger partial charge in [-0.15, -0.1) is 6.58 Å². The highest BCUT2D eigenvalue weighted by Crippen LogP contribution is 2.36. The van der Waals surface area contributed by atoms with Gasteiger partial charge in [-0.3, -0.25) is 10.1 Å². The van der Waals surface area contributed by atoms with E-state index in [1.807, 2.05) is 18.2 Å². The maximum Gasteiger partial charge on any atom is 0.278 e. The zero-order valence-corrected chi connectivity index (χ0v) is 11.2. The lowest BCUT2D eigenvalue weighted by atomic mass is 10.0. The van der Waals surface area contributed by atoms with E-state index in [1.165, 1.54) is 12.1 Å². The quantitative estimate of drug-likeness (QED) is 0.444. The molecule has 0 aliphatic rings. The summed E-state index contributed by atoms with van der Waals surface area (Å²) in [4.78, 5) is 10.7. The van der Waals surface area contributed by atoms with Crippen LogP contribution in [0.1, 0.15) is 18.1 Å². The average molecular weight is 283 g/mol. The van der Waals surface area contributed by atoms with Gasteiger partial charge in [0.2, 0.25) is 0 Å². The second kappa shape index (κ2) is 5.03. The van der Waals surface area contributed by atoms with E-state index in [2.05, 4.69) is 6.58 Å². The van der Waals surface area contributed by atoms with Crippen molar-refractivity contribution in [1.29, 1.82) is 0 Å². The molecule has 5 heteroatoms. The molecule has 0 aliphatic heterocycles. The van der Waals surface area contributed by atoms with Gasteiger partial charge in [0, 0.05) is 10.8 Å². The second-order valence-electron chi connectivity index (χ2n) is 4.80. The molecule has 21 heavy (non-hydrogen) atoms. The first-order valence-corrected chi connectivity index (χ1v) is 6.50. The van der Waals surface area contributed by atoms with Gasteiger partial charge >= 0.3 is 0 Å². The Morgan fingerprint density at radius 2 is 2.05 bits per heavy atom. The molecule has 0 saturated carbocycles. The maximum absolute atomic E-state index is 11.2. The van der Waals surface area contributed by atoms with Gasteiger partial charge in [0.1, 0.15) is 11.2 Å². The number of aliphatic hydroxyl groups excluding tert-OH is 1. The standard InChI is InChI=1S/C16H13NO4/c1-2-5-14(18)12-8-11-10-6-3-4-7-15(10)21-16(11)9-13(12)17(19)20/h2-4,6-9,14,18H,1,5H2. The summed E-state index contributed by atoms with van der Waals surface area (Å²) in [6.07, 6.45) is 0.828. The summed E-state index contributed by atoms with van der Waals surface area (Å²) >= 11 is 0. The molecule has 1 unspecified atom stereocenters. The summed E-state index contributed by atoms with van der Waals surface area (Å²) < 4.78 is 5.63. The van der Waals surface area contributed by atoms with Crippen LogP contribution in [0.2, 0.25) is 0 Å². The van der Waals surface area contributed by atoms with Crippen molar-refractivity contribution in [3.63, 3.8) is 0 Å². The third-order valence-corrected chi connectivity index (χ3v) is 3.47. The third-order valence-electron chi connectivity index (χ3n) is 3.47. The second-order valence-corrected chi connectivity index (χ2v) is 4.80. The van der Waals surface area contributed by atoms with E-state index < -0.39 is 11.0 Å². The Hall–Kier alpha value is -2.66. The molecule has 0 saturated heterocycles. The van der Waals surface area contributed by atoms with E-state index in [1.54, 1.807) is 12.1 Å². The van der Waals surface area contributed by atoms with Gasteiger partial charge in [0.15, 0.2) is 0 Å². The molecule has 0 radical (unpaired) electrons. The SMILES string of the molecule is C=CCC(O)c1cc2c(cc1[N+](=O)[O-])oc1ccccc12. The van der Waals surface area contributed by atoms with Crippen LogP contribution in [0.3, 0.4) is 0 Å². The molecule has 1 aromatic heterocycles. The molecule has 2 aromatic carbocycles. The van der Waals surface area contributed by atoms with Gasteiger partial charge in [-0.25, -0.2) is 0 Å². The van der Waals surface area contributed by atoms with Crippen molar-refractivity contribution in [3.05, 3.63) is 64.7 Å². The molecule has 0 aliphatic carbocycles. The molecule has 3 aromatic rings. The number of hydrogen-bond donors (Lipinski definition) is 1. The number of rotatable bonds is 4. The minimum absolute atomic E-state index is 0.143. The Morgan fingerprint density at radius 3 is 2.76 bits per heavy atom. The molecule has 1 heterocycles. The molecule has 0 bridgehead atoms. The first kappa shape index (κ1) is 13.3. The number of aliphatic hydroxyl groups is 1. The number of benzene rings is 2. The fraction of sp³-hybridized carbons (Fsp3) is 0.125. The Kier molecular flexibility index (Phi) is 3.19. The van der Waals surface area contributed by atoms with E-state index >= 15 is 0 Å². The molecule has 106 valence electrons. The molecule has 0 fully saturated rings. The van der Waals surface area contributed by atoms with Gasteiger partial charge in [-0.05, 0) is 18.6 Å². The topological polar surface area (TPSA) is 76.5 Å². The fourth-order valence-electron chi connectivity index (χ4n) is 2.49. The number of para-hydroxylation sites is 1. The molecule has 5 nitrogen and oxygen atoms in total. The summed E-state index contributed by atoms with van der Waals surface area (Å²) in [7, 11) is 0. The molecular formula is C16H13NO4. The summed E-state index contributed by atoms with van der Waals surface area (Å²) in [5.74, 6) is 0. The Bertz CT molecular complexity index is 850. The van der Waals surface area contributed by atoms with Crippen LogP contribution in [0.25, 0.3) is 21.9 Å². The summed E-state index contributed by atoms with van der Waals surface area (Å²) in [5, 5.41) is 23.0. The van der Waals surface area contributed by atoms with Crippen molar-refractivity contribution in [2.45, 2.75) is 12.5 Å². The molecular weight excluding hydrogens is 270 g/mol. The fourth-order valence-corrected chi connectivity index (χ4v) is 2.49. The normalized spacial score (nSPS) is 12.6. The van der Waals surface area contributed by atoms with Gasteiger partial charge in [0.05, 0.1) is 22.7 Å². The minimum atomic E-state index is -0.957. The molecule has 0 spiro atoms. The lowest BCUT2D eigenvalue weighted by Gasteiger charge is -2.09. The van der Waals surface area contributed by atoms with Crippen molar-refractivity contribution in [2.75, 3.05) is 0 Å². The zero-order valence-electron chi connectivity index (χ0n) is 11.2. The largest absolute Gasteiger partial charge is 0.456 e. The Balaban J connectivity index is 2.33. The van der Waals surface area contributed by atoms with Crippen LogP contribution in [-0.2, 0) is 0 Å². The van der Waals surface area contributed by atoms with Crippen molar-refractivity contribution in [3.8, 4) is 0 Å². The van der Waals surface area contributed by atoms with Gasteiger partial charge < -0.3 is 9.52 Å². The van der Waals surface area contributed by atoms with Crippen LogP contribution in [0, 0.1) is 10.1 Å². The molecule has 0 amide bonds. The number of nitro benzene ring substituents is 1. The first-order valence-electron chi connectivity index (χ1n) is 6.50. The van der Waals surface area contributed by atoms with E-state index in [0.29, 0.717) is 11.2 Å². The predicted molar refractivity (Wildman–Crippen MR) is 80.1 cm³/mol. The lowest BCUT2D eigenvalue weighted by molar-refractivity contribution is -0.386. The maximum atomic E-state index is 11.2. The zero-order chi connectivity index (χ0) is 15.0. The van der Waals surface area contributed by atoms with Crippen LogP contribution < -0.4 is 0 Å². The third kappa shape index (κ3) is 2.17. The highest BCUT2D eigenvalue weighted by molar-refractivity contribution is 6.05.